The van der Waals surface area contributed by atoms with Gasteiger partial charge in [-0.2, -0.15) is 0 Å². The largest absolute Gasteiger partial charge is 0.733 e. The van der Waals surface area contributed by atoms with Crippen LogP contribution in [0.5, 0.6) is 11.5 Å². The van der Waals surface area contributed by atoms with Crippen molar-refractivity contribution in [2.24, 2.45) is 5.92 Å². The summed E-state index contributed by atoms with van der Waals surface area (Å²) in [5, 5.41) is 23.6. The number of nitrogens with one attached hydrogen (secondary N) is 1. The summed E-state index contributed by atoms with van der Waals surface area (Å²) in [6.07, 6.45) is 6.15. The molecule has 4 rings (SSSR count). The van der Waals surface area contributed by atoms with E-state index in [4.69, 9.17) is 14.2 Å². The lowest BCUT2D eigenvalue weighted by molar-refractivity contribution is 0.0151. The van der Waals surface area contributed by atoms with E-state index < -0.39 is 17.3 Å². The van der Waals surface area contributed by atoms with Crippen molar-refractivity contribution in [2.75, 3.05) is 10.5 Å². The molecule has 0 bridgehead atoms. The molecule has 2 aliphatic carbocycles. The molecule has 10 heteroatoms. The van der Waals surface area contributed by atoms with Gasteiger partial charge >= 0.3 is 12.2 Å². The van der Waals surface area contributed by atoms with Gasteiger partial charge in [0, 0.05) is 18.7 Å². The fraction of sp³-hybridized carbons (Fsp3) is 0.455. The van der Waals surface area contributed by atoms with Crippen LogP contribution in [0.4, 0.5) is 21.0 Å². The molecule has 43 heavy (non-hydrogen) atoms. The lowest BCUT2D eigenvalue weighted by Crippen LogP contribution is -2.41. The first-order valence-corrected chi connectivity index (χ1v) is 14.5. The highest BCUT2D eigenvalue weighted by Crippen LogP contribution is 2.39. The van der Waals surface area contributed by atoms with Crippen LogP contribution in [-0.4, -0.2) is 39.5 Å². The first kappa shape index (κ1) is 31.9. The molecule has 1 fully saturated rings. The van der Waals surface area contributed by atoms with Crippen LogP contribution >= 0.6 is 0 Å². The number of ether oxygens (including phenoxy) is 3. The second-order valence-corrected chi connectivity index (χ2v) is 13.1. The number of fused-ring (bicyclic) bond motifs is 1. The maximum absolute atomic E-state index is 13.3. The number of hydrogen-bond acceptors (Lipinski definition) is 8. The lowest BCUT2D eigenvalue weighted by atomic mass is 9.94. The highest BCUT2D eigenvalue weighted by Gasteiger charge is 2.35. The van der Waals surface area contributed by atoms with Gasteiger partial charge in [-0.1, -0.05) is 31.2 Å². The summed E-state index contributed by atoms with van der Waals surface area (Å²) in [4.78, 5) is 27.3. The van der Waals surface area contributed by atoms with Gasteiger partial charge in [-0.05, 0) is 108 Å². The minimum Gasteiger partial charge on any atom is -0.733 e. The molecule has 232 valence electrons. The number of nitrogens with zero attached hydrogens (tertiary/aromatic N) is 2. The average Bonchev–Trinajstić information content (AvgIpc) is 3.29. The van der Waals surface area contributed by atoms with Crippen LogP contribution in [0.1, 0.15) is 73.3 Å². The van der Waals surface area contributed by atoms with Crippen molar-refractivity contribution in [3.63, 3.8) is 0 Å². The molecule has 2 amide bonds. The Labute approximate surface area is 253 Å². The fourth-order valence-corrected chi connectivity index (χ4v) is 5.10. The minimum absolute atomic E-state index is 0.00770. The van der Waals surface area contributed by atoms with Gasteiger partial charge in [0.15, 0.2) is 0 Å². The van der Waals surface area contributed by atoms with Gasteiger partial charge < -0.3 is 29.5 Å². The third-order valence-electron chi connectivity index (χ3n) is 6.94. The fourth-order valence-electron chi connectivity index (χ4n) is 5.10. The summed E-state index contributed by atoms with van der Waals surface area (Å²) in [6.45, 7) is 13.3. The maximum Gasteiger partial charge on any atom is 0.412 e. The zero-order valence-electron chi connectivity index (χ0n) is 26.0. The average molecular weight is 593 g/mol. The molecule has 0 spiro atoms. The summed E-state index contributed by atoms with van der Waals surface area (Å²) in [6, 6.07) is 11.6. The highest BCUT2D eigenvalue weighted by molar-refractivity contribution is 5.90. The Balaban J connectivity index is 1.47. The van der Waals surface area contributed by atoms with Crippen LogP contribution in [0.3, 0.4) is 0 Å². The van der Waals surface area contributed by atoms with Crippen molar-refractivity contribution in [1.82, 2.24) is 4.90 Å². The summed E-state index contributed by atoms with van der Waals surface area (Å²) in [5.41, 5.74) is 2.05. The normalized spacial score (nSPS) is 18.2. The lowest BCUT2D eigenvalue weighted by Gasteiger charge is -2.31. The molecular formula is C33H42N3O7-. The molecule has 0 heterocycles. The van der Waals surface area contributed by atoms with Gasteiger partial charge in [0.1, 0.15) is 22.7 Å². The molecular weight excluding hydrogens is 550 g/mol. The van der Waals surface area contributed by atoms with Crippen LogP contribution in [0, 0.1) is 11.1 Å². The number of amides is 2. The summed E-state index contributed by atoms with van der Waals surface area (Å²) < 4.78 is 16.9. The number of carbonyl (C=O) groups excluding carboxylic acids is 2. The Morgan fingerprint density at radius 3 is 2.21 bits per heavy atom. The van der Waals surface area contributed by atoms with E-state index in [-0.39, 0.29) is 34.5 Å². The maximum atomic E-state index is 13.3. The molecule has 0 radical (unpaired) electrons. The van der Waals surface area contributed by atoms with Crippen molar-refractivity contribution in [1.29, 1.82) is 0 Å². The van der Waals surface area contributed by atoms with Crippen molar-refractivity contribution in [2.45, 2.75) is 91.5 Å². The molecule has 0 aromatic heterocycles. The Kier molecular flexibility index (Phi) is 9.41. The summed E-state index contributed by atoms with van der Waals surface area (Å²) in [5.74, 6) is 1.26. The molecule has 0 aliphatic heterocycles. The van der Waals surface area contributed by atoms with Gasteiger partial charge in [-0.15, -0.1) is 0 Å². The quantitative estimate of drug-likeness (QED) is 0.308. The van der Waals surface area contributed by atoms with E-state index in [1.165, 1.54) is 23.3 Å². The summed E-state index contributed by atoms with van der Waals surface area (Å²) >= 11 is 0. The zero-order valence-corrected chi connectivity index (χ0v) is 26.0. The number of carbonyl (C=O) groups is 2. The van der Waals surface area contributed by atoms with Crippen LogP contribution in [0.2, 0.25) is 0 Å². The Morgan fingerprint density at radius 2 is 1.58 bits per heavy atom. The smallest absolute Gasteiger partial charge is 0.412 e. The van der Waals surface area contributed by atoms with Crippen molar-refractivity contribution in [3.05, 3.63) is 76.5 Å². The van der Waals surface area contributed by atoms with Gasteiger partial charge in [0.2, 0.25) is 0 Å². The third-order valence-corrected chi connectivity index (χ3v) is 6.94. The first-order valence-electron chi connectivity index (χ1n) is 14.5. The van der Waals surface area contributed by atoms with Gasteiger partial charge in [-0.3, -0.25) is 10.5 Å². The Morgan fingerprint density at radius 1 is 0.953 bits per heavy atom. The van der Waals surface area contributed by atoms with Crippen molar-refractivity contribution >= 4 is 23.6 Å². The van der Waals surface area contributed by atoms with Gasteiger partial charge in [0.25, 0.3) is 0 Å². The minimum atomic E-state index is -0.764. The number of allylic oxidation sites excluding steroid dienone is 2. The monoisotopic (exact) mass is 592 g/mol. The standard InChI is InChI=1S/C33H42N3O7/c1-21-8-11-23-17-25(18-24(23)16-21)35(31(38)43-33(5,6)7)20-22-9-12-26(13-10-22)41-27-14-15-28(29(19-27)36(39)40)34-30(37)42-32(2,3)4/h9-16,19,21,25,39H,8,17-18,20H2,1-7H3,(H,34,37)/q-1. The summed E-state index contributed by atoms with van der Waals surface area (Å²) in [7, 11) is 0. The van der Waals surface area contributed by atoms with Gasteiger partial charge in [-0.25, -0.2) is 9.59 Å². The van der Waals surface area contributed by atoms with E-state index in [2.05, 4.69) is 24.4 Å². The molecule has 2 aromatic rings. The van der Waals surface area contributed by atoms with Crippen LogP contribution in [-0.2, 0) is 16.0 Å². The molecule has 2 atom stereocenters. The topological polar surface area (TPSA) is 124 Å². The molecule has 2 aliphatic rings. The van der Waals surface area contributed by atoms with E-state index in [1.54, 1.807) is 39.0 Å². The van der Waals surface area contributed by atoms with E-state index in [9.17, 15) is 20.0 Å². The first-order chi connectivity index (χ1) is 20.1. The van der Waals surface area contributed by atoms with Crippen molar-refractivity contribution < 1.29 is 29.0 Å². The third kappa shape index (κ3) is 8.98. The predicted octanol–water partition coefficient (Wildman–Crippen LogP) is 8.31. The zero-order chi connectivity index (χ0) is 31.5. The van der Waals surface area contributed by atoms with E-state index >= 15 is 0 Å². The number of hydrogen-bond donors (Lipinski definition) is 2. The molecule has 2 N–H and O–H groups in total. The molecule has 0 saturated heterocycles. The number of anilines is 2. The van der Waals surface area contributed by atoms with E-state index in [1.807, 2.05) is 37.8 Å². The Bertz CT molecular complexity index is 1380. The number of rotatable bonds is 7. The van der Waals surface area contributed by atoms with E-state index in [0.29, 0.717) is 18.2 Å². The number of benzene rings is 2. The van der Waals surface area contributed by atoms with Crippen LogP contribution in [0.15, 0.2) is 65.8 Å². The molecule has 1 saturated carbocycles. The molecule has 10 nitrogen and oxygen atoms in total. The predicted molar refractivity (Wildman–Crippen MR) is 165 cm³/mol. The second-order valence-electron chi connectivity index (χ2n) is 13.1. The second kappa shape index (κ2) is 12.7. The highest BCUT2D eigenvalue weighted by atomic mass is 16.8. The van der Waals surface area contributed by atoms with Crippen LogP contribution < -0.4 is 15.3 Å². The SMILES string of the molecule is CC1C=C2CC(N(Cc3ccc(Oc4ccc(NC(=O)OC(C)(C)C)c(N([O-])O)c4)cc3)C(=O)OC(C)(C)C)CC2=CC1. The van der Waals surface area contributed by atoms with Crippen LogP contribution in [0.25, 0.3) is 0 Å². The molecule has 2 unspecified atom stereocenters. The van der Waals surface area contributed by atoms with E-state index in [0.717, 1.165) is 24.8 Å². The van der Waals surface area contributed by atoms with Gasteiger partial charge in [0.05, 0.1) is 11.4 Å². The molecule has 2 aromatic carbocycles. The van der Waals surface area contributed by atoms with Crippen molar-refractivity contribution in [3.8, 4) is 11.5 Å². The Hall–Kier alpha value is -4.02.